The molecule has 1 heteroatoms. The zero-order valence-corrected chi connectivity index (χ0v) is 9.76. The van der Waals surface area contributed by atoms with E-state index in [9.17, 15) is 0 Å². The van der Waals surface area contributed by atoms with E-state index in [4.69, 9.17) is 0 Å². The van der Waals surface area contributed by atoms with Crippen molar-refractivity contribution in [3.63, 3.8) is 0 Å². The Bertz CT molecular complexity index is 229. The number of piperidine rings is 1. The van der Waals surface area contributed by atoms with Crippen LogP contribution in [0.5, 0.6) is 0 Å². The summed E-state index contributed by atoms with van der Waals surface area (Å²) in [6, 6.07) is 1.76. The van der Waals surface area contributed by atoms with Gasteiger partial charge in [0.15, 0.2) is 11.8 Å². The van der Waals surface area contributed by atoms with Gasteiger partial charge < -0.3 is 0 Å². The van der Waals surface area contributed by atoms with E-state index in [0.29, 0.717) is 0 Å². The smallest absolute Gasteiger partial charge is 0.153 e. The number of fused-ring (bicyclic) bond motifs is 1. The van der Waals surface area contributed by atoms with E-state index in [2.05, 4.69) is 18.4 Å². The third-order valence-electron chi connectivity index (χ3n) is 3.98. The first kappa shape index (κ1) is 10.2. The molecule has 0 aromatic rings. The van der Waals surface area contributed by atoms with Gasteiger partial charge in [-0.25, -0.2) is 4.58 Å². The first-order valence-corrected chi connectivity index (χ1v) is 6.46. The second kappa shape index (κ2) is 4.46. The summed E-state index contributed by atoms with van der Waals surface area (Å²) >= 11 is 0. The first-order valence-electron chi connectivity index (χ1n) is 6.46. The third kappa shape index (κ3) is 1.87. The molecule has 0 radical (unpaired) electrons. The van der Waals surface area contributed by atoms with E-state index in [-0.39, 0.29) is 0 Å². The van der Waals surface area contributed by atoms with Crippen molar-refractivity contribution in [2.24, 2.45) is 0 Å². The summed E-state index contributed by atoms with van der Waals surface area (Å²) in [6.07, 6.45) is 11.3. The Morgan fingerprint density at radius 3 is 2.93 bits per heavy atom. The lowest BCUT2D eigenvalue weighted by Crippen LogP contribution is -2.36. The summed E-state index contributed by atoms with van der Waals surface area (Å²) in [4.78, 5) is 0. The zero-order chi connectivity index (χ0) is 9.97. The van der Waals surface area contributed by atoms with Gasteiger partial charge >= 0.3 is 0 Å². The molecule has 1 nitrogen and oxygen atoms in total. The van der Waals surface area contributed by atoms with E-state index < -0.39 is 0 Å². The fourth-order valence-electron chi connectivity index (χ4n) is 3.24. The van der Waals surface area contributed by atoms with Crippen molar-refractivity contribution in [1.82, 2.24) is 0 Å². The molecule has 2 aliphatic heterocycles. The van der Waals surface area contributed by atoms with Gasteiger partial charge in [-0.2, -0.15) is 0 Å². The van der Waals surface area contributed by atoms with Crippen molar-refractivity contribution in [1.29, 1.82) is 0 Å². The fourth-order valence-corrected chi connectivity index (χ4v) is 3.24. The summed E-state index contributed by atoms with van der Waals surface area (Å²) in [5.41, 5.74) is 1.78. The predicted molar refractivity (Wildman–Crippen MR) is 61.1 cm³/mol. The van der Waals surface area contributed by atoms with Crippen LogP contribution < -0.4 is 0 Å². The Balaban J connectivity index is 2.08. The lowest BCUT2D eigenvalue weighted by Gasteiger charge is -2.22. The average molecular weight is 194 g/mol. The first-order chi connectivity index (χ1) is 6.83. The Morgan fingerprint density at radius 2 is 2.14 bits per heavy atom. The molecule has 2 heterocycles. The van der Waals surface area contributed by atoms with E-state index in [1.54, 1.807) is 5.71 Å². The number of unbranched alkanes of at least 4 members (excludes halogenated alkanes) is 1. The normalized spacial score (nSPS) is 32.1. The molecule has 0 amide bonds. The van der Waals surface area contributed by atoms with Crippen LogP contribution in [0, 0.1) is 0 Å². The van der Waals surface area contributed by atoms with E-state index in [1.165, 1.54) is 51.4 Å². The van der Waals surface area contributed by atoms with Gasteiger partial charge in [-0.3, -0.25) is 0 Å². The SMILES string of the molecule is CCCCC1=[N+]2[C@@H](CCC[C@@H]2C)CC1. The van der Waals surface area contributed by atoms with Crippen molar-refractivity contribution < 1.29 is 4.58 Å². The average Bonchev–Trinajstić information content (AvgIpc) is 2.59. The molecule has 2 aliphatic rings. The molecular weight excluding hydrogens is 170 g/mol. The maximum Gasteiger partial charge on any atom is 0.153 e. The molecule has 2 rings (SSSR count). The van der Waals surface area contributed by atoms with Crippen molar-refractivity contribution in [2.45, 2.75) is 77.3 Å². The Kier molecular flexibility index (Phi) is 3.25. The maximum absolute atomic E-state index is 2.78. The summed E-state index contributed by atoms with van der Waals surface area (Å²) < 4.78 is 2.78. The molecule has 0 bridgehead atoms. The summed E-state index contributed by atoms with van der Waals surface area (Å²) in [6.45, 7) is 4.72. The van der Waals surface area contributed by atoms with Crippen molar-refractivity contribution >= 4 is 5.71 Å². The number of hydrogen-bond donors (Lipinski definition) is 0. The Morgan fingerprint density at radius 1 is 1.29 bits per heavy atom. The number of rotatable bonds is 3. The quantitative estimate of drug-likeness (QED) is 0.606. The molecular formula is C13H24N+. The highest BCUT2D eigenvalue weighted by atomic mass is 15.1. The highest BCUT2D eigenvalue weighted by Crippen LogP contribution is 2.28. The second-order valence-corrected chi connectivity index (χ2v) is 5.05. The van der Waals surface area contributed by atoms with Gasteiger partial charge in [0.2, 0.25) is 0 Å². The van der Waals surface area contributed by atoms with Gasteiger partial charge in [0.05, 0.1) is 0 Å². The molecule has 0 saturated carbocycles. The van der Waals surface area contributed by atoms with Gasteiger partial charge in [0, 0.05) is 32.1 Å². The minimum atomic E-state index is 0.836. The molecule has 0 aliphatic carbocycles. The third-order valence-corrected chi connectivity index (χ3v) is 3.98. The molecule has 0 N–H and O–H groups in total. The minimum Gasteiger partial charge on any atom is -0.232 e. The van der Waals surface area contributed by atoms with Crippen molar-refractivity contribution in [3.05, 3.63) is 0 Å². The molecule has 0 aromatic heterocycles. The van der Waals surface area contributed by atoms with Crippen LogP contribution in [0.1, 0.15) is 65.2 Å². The fraction of sp³-hybridized carbons (Fsp3) is 0.923. The Labute approximate surface area is 88.2 Å². The van der Waals surface area contributed by atoms with Crippen LogP contribution in [-0.4, -0.2) is 22.4 Å². The standard InChI is InChI=1S/C13H24N/c1-3-4-7-12-9-10-13-8-5-6-11(2)14(12)13/h11,13H,3-10H2,1-2H3/q+1/t11-,13-/m0/s1. The van der Waals surface area contributed by atoms with Gasteiger partial charge in [0.1, 0.15) is 6.04 Å². The predicted octanol–water partition coefficient (Wildman–Crippen LogP) is 3.36. The van der Waals surface area contributed by atoms with Crippen LogP contribution >= 0.6 is 0 Å². The number of hydrogen-bond acceptors (Lipinski definition) is 0. The van der Waals surface area contributed by atoms with Gasteiger partial charge in [-0.05, 0) is 19.8 Å². The van der Waals surface area contributed by atoms with Crippen LogP contribution in [0.25, 0.3) is 0 Å². The van der Waals surface area contributed by atoms with Crippen LogP contribution in [0.4, 0.5) is 0 Å². The largest absolute Gasteiger partial charge is 0.232 e. The van der Waals surface area contributed by atoms with Gasteiger partial charge in [0.25, 0.3) is 0 Å². The minimum absolute atomic E-state index is 0.836. The van der Waals surface area contributed by atoms with Crippen LogP contribution in [0.2, 0.25) is 0 Å². The summed E-state index contributed by atoms with van der Waals surface area (Å²) in [5, 5.41) is 0. The lowest BCUT2D eigenvalue weighted by molar-refractivity contribution is -0.602. The molecule has 0 spiro atoms. The topological polar surface area (TPSA) is 3.01 Å². The number of nitrogens with zero attached hydrogens (tertiary/aromatic N) is 1. The molecule has 0 unspecified atom stereocenters. The van der Waals surface area contributed by atoms with Gasteiger partial charge in [-0.1, -0.05) is 13.3 Å². The van der Waals surface area contributed by atoms with E-state index in [0.717, 1.165) is 12.1 Å². The van der Waals surface area contributed by atoms with Crippen molar-refractivity contribution in [2.75, 3.05) is 0 Å². The molecule has 0 aromatic carbocycles. The van der Waals surface area contributed by atoms with E-state index in [1.807, 2.05) is 0 Å². The van der Waals surface area contributed by atoms with Crippen LogP contribution in [0.15, 0.2) is 0 Å². The second-order valence-electron chi connectivity index (χ2n) is 5.05. The Hall–Kier alpha value is -0.330. The maximum atomic E-state index is 2.78. The molecule has 1 fully saturated rings. The summed E-state index contributed by atoms with van der Waals surface area (Å²) in [7, 11) is 0. The van der Waals surface area contributed by atoms with Crippen LogP contribution in [-0.2, 0) is 0 Å². The molecule has 80 valence electrons. The lowest BCUT2D eigenvalue weighted by atomic mass is 9.98. The summed E-state index contributed by atoms with van der Waals surface area (Å²) in [5.74, 6) is 0. The molecule has 14 heavy (non-hydrogen) atoms. The van der Waals surface area contributed by atoms with E-state index >= 15 is 0 Å². The monoisotopic (exact) mass is 194 g/mol. The molecule has 1 saturated heterocycles. The van der Waals surface area contributed by atoms with Gasteiger partial charge in [-0.15, -0.1) is 0 Å². The highest BCUT2D eigenvalue weighted by Gasteiger charge is 2.38. The molecule has 2 atom stereocenters. The van der Waals surface area contributed by atoms with Crippen LogP contribution in [0.3, 0.4) is 0 Å². The zero-order valence-electron chi connectivity index (χ0n) is 9.76. The van der Waals surface area contributed by atoms with Crippen molar-refractivity contribution in [3.8, 4) is 0 Å². The highest BCUT2D eigenvalue weighted by molar-refractivity contribution is 5.80.